The molecule has 19 heavy (non-hydrogen) atoms. The Labute approximate surface area is 122 Å². The Morgan fingerprint density at radius 1 is 1.37 bits per heavy atom. The molecule has 0 saturated carbocycles. The number of benzene rings is 1. The van der Waals surface area contributed by atoms with Gasteiger partial charge in [-0.2, -0.15) is 0 Å². The number of terminal acetylenes is 1. The fourth-order valence-corrected chi connectivity index (χ4v) is 3.95. The van der Waals surface area contributed by atoms with E-state index in [0.717, 1.165) is 28.4 Å². The predicted molar refractivity (Wildman–Crippen MR) is 83.0 cm³/mol. The Morgan fingerprint density at radius 2 is 2.26 bits per heavy atom. The average Bonchev–Trinajstić information content (AvgIpc) is 2.80. The van der Waals surface area contributed by atoms with Gasteiger partial charge in [-0.15, -0.1) is 17.8 Å². The summed E-state index contributed by atoms with van der Waals surface area (Å²) in [5.41, 5.74) is 3.34. The van der Waals surface area contributed by atoms with Crippen molar-refractivity contribution in [1.29, 1.82) is 0 Å². The molecule has 0 fully saturated rings. The highest BCUT2D eigenvalue weighted by atomic mass is 35.5. The summed E-state index contributed by atoms with van der Waals surface area (Å²) in [5.74, 6) is 2.67. The summed E-state index contributed by atoms with van der Waals surface area (Å²) >= 11 is 7.84. The van der Waals surface area contributed by atoms with Crippen LogP contribution in [0.15, 0.2) is 30.3 Å². The third-order valence-corrected chi connectivity index (χ3v) is 4.79. The lowest BCUT2D eigenvalue weighted by atomic mass is 9.94. The molecule has 0 saturated heterocycles. The minimum atomic E-state index is 0.348. The molecule has 1 unspecified atom stereocenters. The van der Waals surface area contributed by atoms with Gasteiger partial charge in [0, 0.05) is 16.1 Å². The fourth-order valence-electron chi connectivity index (χ4n) is 2.57. The van der Waals surface area contributed by atoms with Crippen molar-refractivity contribution in [1.82, 2.24) is 0 Å². The van der Waals surface area contributed by atoms with Crippen molar-refractivity contribution in [3.8, 4) is 12.3 Å². The number of hydrogen-bond acceptors (Lipinski definition) is 2. The number of aryl methyl sites for hydroxylation is 1. The Morgan fingerprint density at radius 3 is 3.11 bits per heavy atom. The van der Waals surface area contributed by atoms with Gasteiger partial charge < -0.3 is 5.32 Å². The van der Waals surface area contributed by atoms with E-state index in [1.165, 1.54) is 16.9 Å². The van der Waals surface area contributed by atoms with E-state index in [9.17, 15) is 0 Å². The van der Waals surface area contributed by atoms with Gasteiger partial charge in [-0.3, -0.25) is 0 Å². The SMILES string of the molecule is C#Cc1cccc(NC2CCCc3sc(Cl)cc32)c1. The molecule has 0 radical (unpaired) electrons. The summed E-state index contributed by atoms with van der Waals surface area (Å²) in [7, 11) is 0. The van der Waals surface area contributed by atoms with Crippen LogP contribution >= 0.6 is 22.9 Å². The normalized spacial score (nSPS) is 17.6. The molecule has 1 aromatic heterocycles. The minimum absolute atomic E-state index is 0.348. The Hall–Kier alpha value is -1.43. The van der Waals surface area contributed by atoms with Crippen molar-refractivity contribution < 1.29 is 0 Å². The van der Waals surface area contributed by atoms with Crippen molar-refractivity contribution in [3.63, 3.8) is 0 Å². The number of anilines is 1. The molecule has 1 aliphatic rings. The molecular formula is C16H14ClNS. The second-order valence-electron chi connectivity index (χ2n) is 4.74. The number of thiophene rings is 1. The molecule has 1 atom stereocenters. The monoisotopic (exact) mass is 287 g/mol. The van der Waals surface area contributed by atoms with Crippen molar-refractivity contribution in [2.75, 3.05) is 5.32 Å². The largest absolute Gasteiger partial charge is 0.378 e. The molecule has 3 rings (SSSR count). The van der Waals surface area contributed by atoms with Crippen LogP contribution in [0.3, 0.4) is 0 Å². The van der Waals surface area contributed by atoms with Gasteiger partial charge in [0.2, 0.25) is 0 Å². The molecule has 0 bridgehead atoms. The van der Waals surface area contributed by atoms with Gasteiger partial charge >= 0.3 is 0 Å². The smallest absolute Gasteiger partial charge is 0.0934 e. The highest BCUT2D eigenvalue weighted by Gasteiger charge is 2.22. The maximum absolute atomic E-state index is 6.13. The first-order valence-corrected chi connectivity index (χ1v) is 7.57. The molecule has 0 aliphatic heterocycles. The average molecular weight is 288 g/mol. The van der Waals surface area contributed by atoms with Crippen LogP contribution in [-0.4, -0.2) is 0 Å². The molecule has 1 nitrogen and oxygen atoms in total. The topological polar surface area (TPSA) is 12.0 Å². The van der Waals surface area contributed by atoms with Gasteiger partial charge in [-0.05, 0) is 49.1 Å². The van der Waals surface area contributed by atoms with Crippen LogP contribution in [-0.2, 0) is 6.42 Å². The van der Waals surface area contributed by atoms with Crippen LogP contribution in [0.25, 0.3) is 0 Å². The molecule has 0 spiro atoms. The molecule has 1 aromatic carbocycles. The zero-order valence-electron chi connectivity index (χ0n) is 10.4. The Kier molecular flexibility index (Phi) is 3.50. The van der Waals surface area contributed by atoms with Gasteiger partial charge in [-0.1, -0.05) is 23.6 Å². The maximum atomic E-state index is 6.13. The third-order valence-electron chi connectivity index (χ3n) is 3.45. The molecule has 3 heteroatoms. The van der Waals surface area contributed by atoms with Crippen molar-refractivity contribution >= 4 is 28.6 Å². The third kappa shape index (κ3) is 2.63. The summed E-state index contributed by atoms with van der Waals surface area (Å²) in [5, 5.41) is 3.58. The number of hydrogen-bond donors (Lipinski definition) is 1. The van der Waals surface area contributed by atoms with E-state index in [1.54, 1.807) is 11.3 Å². The van der Waals surface area contributed by atoms with Crippen LogP contribution in [0.1, 0.15) is 34.9 Å². The summed E-state index contributed by atoms with van der Waals surface area (Å²) in [6, 6.07) is 10.5. The zero-order chi connectivity index (χ0) is 13.2. The first kappa shape index (κ1) is 12.6. The first-order chi connectivity index (χ1) is 9.26. The van der Waals surface area contributed by atoms with Crippen LogP contribution < -0.4 is 5.32 Å². The standard InChI is InChI=1S/C16H14ClNS/c1-2-11-5-3-6-12(9-11)18-14-7-4-8-15-13(14)10-16(17)19-15/h1,3,5-6,9-10,14,18H,4,7-8H2. The van der Waals surface area contributed by atoms with Gasteiger partial charge in [0.1, 0.15) is 0 Å². The predicted octanol–water partition coefficient (Wildman–Crippen LogP) is 4.87. The van der Waals surface area contributed by atoms with E-state index in [4.69, 9.17) is 18.0 Å². The van der Waals surface area contributed by atoms with Crippen molar-refractivity contribution in [2.45, 2.75) is 25.3 Å². The lowest BCUT2D eigenvalue weighted by molar-refractivity contribution is 0.609. The number of halogens is 1. The lowest BCUT2D eigenvalue weighted by Crippen LogP contribution is -2.15. The van der Waals surface area contributed by atoms with Gasteiger partial charge in [-0.25, -0.2) is 0 Å². The molecule has 96 valence electrons. The fraction of sp³-hybridized carbons (Fsp3) is 0.250. The van der Waals surface area contributed by atoms with Crippen LogP contribution in [0.2, 0.25) is 4.34 Å². The second kappa shape index (κ2) is 5.28. The summed E-state index contributed by atoms with van der Waals surface area (Å²) in [6.07, 6.45) is 8.93. The van der Waals surface area contributed by atoms with Crippen molar-refractivity contribution in [2.24, 2.45) is 0 Å². The highest BCUT2D eigenvalue weighted by Crippen LogP contribution is 2.39. The van der Waals surface area contributed by atoms with E-state index < -0.39 is 0 Å². The van der Waals surface area contributed by atoms with E-state index in [1.807, 2.05) is 18.2 Å². The minimum Gasteiger partial charge on any atom is -0.378 e. The van der Waals surface area contributed by atoms with E-state index >= 15 is 0 Å². The number of rotatable bonds is 2. The van der Waals surface area contributed by atoms with Crippen LogP contribution in [0.5, 0.6) is 0 Å². The second-order valence-corrected chi connectivity index (χ2v) is 6.51. The molecule has 1 aliphatic carbocycles. The van der Waals surface area contributed by atoms with E-state index in [-0.39, 0.29) is 0 Å². The van der Waals surface area contributed by atoms with Crippen molar-refractivity contribution in [3.05, 3.63) is 50.7 Å². The highest BCUT2D eigenvalue weighted by molar-refractivity contribution is 7.16. The van der Waals surface area contributed by atoms with Gasteiger partial charge in [0.05, 0.1) is 10.4 Å². The first-order valence-electron chi connectivity index (χ1n) is 6.37. The molecule has 1 heterocycles. The van der Waals surface area contributed by atoms with Crippen LogP contribution in [0.4, 0.5) is 5.69 Å². The Bertz CT molecular complexity index is 638. The summed E-state index contributed by atoms with van der Waals surface area (Å²) < 4.78 is 0.885. The summed E-state index contributed by atoms with van der Waals surface area (Å²) in [6.45, 7) is 0. The zero-order valence-corrected chi connectivity index (χ0v) is 12.0. The number of fused-ring (bicyclic) bond motifs is 1. The quantitative estimate of drug-likeness (QED) is 0.777. The summed E-state index contributed by atoms with van der Waals surface area (Å²) in [4.78, 5) is 1.42. The maximum Gasteiger partial charge on any atom is 0.0934 e. The van der Waals surface area contributed by atoms with Gasteiger partial charge in [0.25, 0.3) is 0 Å². The van der Waals surface area contributed by atoms with Gasteiger partial charge in [0.15, 0.2) is 0 Å². The Balaban J connectivity index is 1.86. The number of nitrogens with one attached hydrogen (secondary N) is 1. The molecule has 1 N–H and O–H groups in total. The van der Waals surface area contributed by atoms with Crippen LogP contribution in [0, 0.1) is 12.3 Å². The van der Waals surface area contributed by atoms with E-state index in [0.29, 0.717) is 6.04 Å². The molecular weight excluding hydrogens is 274 g/mol. The molecule has 2 aromatic rings. The molecule has 0 amide bonds. The lowest BCUT2D eigenvalue weighted by Gasteiger charge is -2.24. The van der Waals surface area contributed by atoms with E-state index in [2.05, 4.69) is 23.4 Å².